The van der Waals surface area contributed by atoms with Crippen LogP contribution < -0.4 is 5.32 Å². The van der Waals surface area contributed by atoms with Gasteiger partial charge in [-0.1, -0.05) is 17.3 Å². The zero-order valence-corrected chi connectivity index (χ0v) is 15.0. The molecular formula is C19H18FN5O3. The molecule has 2 amide bonds. The smallest absolute Gasteiger partial charge is 0.274 e. The number of aromatic nitrogens is 2. The highest BCUT2D eigenvalue weighted by Gasteiger charge is 2.48. The second kappa shape index (κ2) is 7.34. The minimum atomic E-state index is -0.680. The van der Waals surface area contributed by atoms with Gasteiger partial charge in [0.25, 0.3) is 11.8 Å². The van der Waals surface area contributed by atoms with Crippen molar-refractivity contribution in [3.63, 3.8) is 0 Å². The Kier molecular flexibility index (Phi) is 4.72. The molecule has 1 atom stereocenters. The van der Waals surface area contributed by atoms with Crippen molar-refractivity contribution >= 4 is 17.5 Å². The number of amides is 2. The number of carbonyl (C=O) groups excluding carboxylic acids is 2. The average molecular weight is 383 g/mol. The Hall–Kier alpha value is -3.36. The van der Waals surface area contributed by atoms with Gasteiger partial charge in [0.2, 0.25) is 0 Å². The van der Waals surface area contributed by atoms with E-state index in [0.717, 1.165) is 5.56 Å². The zero-order valence-electron chi connectivity index (χ0n) is 15.0. The van der Waals surface area contributed by atoms with Crippen molar-refractivity contribution in [2.45, 2.75) is 25.0 Å². The maximum atomic E-state index is 12.9. The highest BCUT2D eigenvalue weighted by atomic mass is 19.1. The Bertz CT molecular complexity index is 919. The van der Waals surface area contributed by atoms with Crippen LogP contribution in [0.1, 0.15) is 28.9 Å². The lowest BCUT2D eigenvalue weighted by Gasteiger charge is -2.21. The summed E-state index contributed by atoms with van der Waals surface area (Å²) in [7, 11) is 0. The molecule has 9 heteroatoms. The third kappa shape index (κ3) is 3.68. The molecule has 0 saturated carbocycles. The maximum absolute atomic E-state index is 12.9. The van der Waals surface area contributed by atoms with Crippen molar-refractivity contribution in [2.75, 3.05) is 13.1 Å². The molecule has 2 aromatic rings. The molecule has 2 aliphatic rings. The predicted molar refractivity (Wildman–Crippen MR) is 96.7 cm³/mol. The largest absolute Gasteiger partial charge is 0.386 e. The van der Waals surface area contributed by atoms with E-state index in [0.29, 0.717) is 25.9 Å². The summed E-state index contributed by atoms with van der Waals surface area (Å²) in [5.41, 5.74) is 0.665. The maximum Gasteiger partial charge on any atom is 0.274 e. The van der Waals surface area contributed by atoms with Gasteiger partial charge in [0.05, 0.1) is 12.7 Å². The lowest BCUT2D eigenvalue weighted by Crippen LogP contribution is -2.38. The number of nitrogens with one attached hydrogen (secondary N) is 1. The molecule has 144 valence electrons. The first-order valence-electron chi connectivity index (χ1n) is 8.88. The van der Waals surface area contributed by atoms with E-state index in [9.17, 15) is 14.0 Å². The van der Waals surface area contributed by atoms with Crippen LogP contribution >= 0.6 is 0 Å². The van der Waals surface area contributed by atoms with Crippen molar-refractivity contribution in [2.24, 2.45) is 5.16 Å². The fraction of sp³-hybridized carbons (Fsp3) is 0.316. The van der Waals surface area contributed by atoms with Crippen molar-refractivity contribution in [3.8, 4) is 0 Å². The van der Waals surface area contributed by atoms with Gasteiger partial charge in [-0.05, 0) is 17.7 Å². The molecule has 1 N–H and O–H groups in total. The fourth-order valence-corrected chi connectivity index (χ4v) is 3.34. The van der Waals surface area contributed by atoms with Gasteiger partial charge in [0.15, 0.2) is 5.60 Å². The van der Waals surface area contributed by atoms with E-state index in [-0.39, 0.29) is 35.6 Å². The number of benzene rings is 1. The number of halogens is 1. The lowest BCUT2D eigenvalue weighted by atomic mass is 9.96. The molecule has 8 nitrogen and oxygen atoms in total. The van der Waals surface area contributed by atoms with Gasteiger partial charge in [0.1, 0.15) is 17.2 Å². The minimum Gasteiger partial charge on any atom is -0.386 e. The Balaban J connectivity index is 1.32. The number of oxime groups is 1. The Morgan fingerprint density at radius 1 is 1.25 bits per heavy atom. The summed E-state index contributed by atoms with van der Waals surface area (Å²) in [5.74, 6) is -0.880. The molecule has 1 aromatic carbocycles. The molecular weight excluding hydrogens is 365 g/mol. The summed E-state index contributed by atoms with van der Waals surface area (Å²) in [6.45, 7) is 1.10. The number of hydrogen-bond donors (Lipinski definition) is 1. The van der Waals surface area contributed by atoms with Crippen molar-refractivity contribution < 1.29 is 18.8 Å². The van der Waals surface area contributed by atoms with Crippen molar-refractivity contribution in [1.29, 1.82) is 0 Å². The molecule has 4 rings (SSSR count). The fourth-order valence-electron chi connectivity index (χ4n) is 3.34. The Labute approximate surface area is 160 Å². The number of likely N-dealkylation sites (tertiary alicyclic amines) is 1. The van der Waals surface area contributed by atoms with E-state index in [2.05, 4.69) is 20.4 Å². The first kappa shape index (κ1) is 18.0. The van der Waals surface area contributed by atoms with Crippen LogP contribution in [0, 0.1) is 5.82 Å². The zero-order chi connectivity index (χ0) is 19.6. The number of rotatable bonds is 4. The van der Waals surface area contributed by atoms with Gasteiger partial charge in [0, 0.05) is 38.3 Å². The summed E-state index contributed by atoms with van der Waals surface area (Å²) in [5, 5.41) is 6.70. The number of hydrogen-bond acceptors (Lipinski definition) is 6. The molecule has 28 heavy (non-hydrogen) atoms. The quantitative estimate of drug-likeness (QED) is 0.858. The third-order valence-corrected chi connectivity index (χ3v) is 4.85. The van der Waals surface area contributed by atoms with Gasteiger partial charge in [-0.3, -0.25) is 14.6 Å². The van der Waals surface area contributed by atoms with E-state index in [1.807, 2.05) is 0 Å². The Morgan fingerprint density at radius 3 is 2.82 bits per heavy atom. The van der Waals surface area contributed by atoms with Crippen molar-refractivity contribution in [3.05, 3.63) is 59.9 Å². The molecule has 0 radical (unpaired) electrons. The van der Waals surface area contributed by atoms with Crippen LogP contribution in [0.25, 0.3) is 0 Å². The summed E-state index contributed by atoms with van der Waals surface area (Å²) in [4.78, 5) is 40.0. The number of nitrogens with zero attached hydrogens (tertiary/aromatic N) is 4. The van der Waals surface area contributed by atoms with Gasteiger partial charge in [-0.25, -0.2) is 9.37 Å². The standard InChI is InChI=1S/C19H18FN5O3/c20-14-3-1-13(2-4-14)10-23-17(26)15-9-19(28-24-15)5-8-25(12-19)18(27)16-11-21-6-7-22-16/h1-4,6-7,11H,5,8-10,12H2,(H,23,26)/t19-/m1/s1. The molecule has 1 saturated heterocycles. The van der Waals surface area contributed by atoms with E-state index < -0.39 is 5.60 Å². The SMILES string of the molecule is O=C(NCc1ccc(F)cc1)C1=NO[C@]2(CCN(C(=O)c3cnccn3)C2)C1. The van der Waals surface area contributed by atoms with Crippen LogP contribution in [0.2, 0.25) is 0 Å². The van der Waals surface area contributed by atoms with Crippen molar-refractivity contribution in [1.82, 2.24) is 20.2 Å². The molecule has 0 unspecified atom stereocenters. The third-order valence-electron chi connectivity index (χ3n) is 4.85. The second-order valence-corrected chi connectivity index (χ2v) is 6.87. The van der Waals surface area contributed by atoms with Crippen LogP contribution in [0.3, 0.4) is 0 Å². The first-order chi connectivity index (χ1) is 13.5. The van der Waals surface area contributed by atoms with E-state index in [1.165, 1.54) is 30.7 Å². The van der Waals surface area contributed by atoms with E-state index in [4.69, 9.17) is 4.84 Å². The minimum absolute atomic E-state index is 0.220. The molecule has 0 bridgehead atoms. The topological polar surface area (TPSA) is 96.8 Å². The normalized spacial score (nSPS) is 20.8. The molecule has 1 aromatic heterocycles. The van der Waals surface area contributed by atoms with E-state index >= 15 is 0 Å². The lowest BCUT2D eigenvalue weighted by molar-refractivity contribution is -0.115. The van der Waals surface area contributed by atoms with Crippen LogP contribution in [-0.4, -0.2) is 51.1 Å². The Morgan fingerprint density at radius 2 is 2.07 bits per heavy atom. The average Bonchev–Trinajstić information content (AvgIpc) is 3.34. The van der Waals surface area contributed by atoms with Crippen LogP contribution in [0.5, 0.6) is 0 Å². The molecule has 3 heterocycles. The van der Waals surface area contributed by atoms with Gasteiger partial charge in [-0.15, -0.1) is 0 Å². The van der Waals surface area contributed by atoms with E-state index in [1.54, 1.807) is 17.0 Å². The second-order valence-electron chi connectivity index (χ2n) is 6.87. The molecule has 1 fully saturated rings. The number of carbonyl (C=O) groups is 2. The van der Waals surface area contributed by atoms with Gasteiger partial charge < -0.3 is 15.1 Å². The molecule has 1 spiro atoms. The van der Waals surface area contributed by atoms with Gasteiger partial charge in [-0.2, -0.15) is 0 Å². The predicted octanol–water partition coefficient (Wildman–Crippen LogP) is 1.29. The summed E-state index contributed by atoms with van der Waals surface area (Å²) >= 11 is 0. The van der Waals surface area contributed by atoms with Crippen LogP contribution in [0.4, 0.5) is 4.39 Å². The highest BCUT2D eigenvalue weighted by Crippen LogP contribution is 2.34. The summed E-state index contributed by atoms with van der Waals surface area (Å²) in [6.07, 6.45) is 5.31. The van der Waals surface area contributed by atoms with Gasteiger partial charge >= 0.3 is 0 Å². The summed E-state index contributed by atoms with van der Waals surface area (Å²) in [6, 6.07) is 5.90. The van der Waals surface area contributed by atoms with Crippen LogP contribution in [-0.2, 0) is 16.2 Å². The molecule has 2 aliphatic heterocycles. The first-order valence-corrected chi connectivity index (χ1v) is 8.88. The summed E-state index contributed by atoms with van der Waals surface area (Å²) < 4.78 is 12.9. The monoisotopic (exact) mass is 383 g/mol. The molecule has 0 aliphatic carbocycles. The highest BCUT2D eigenvalue weighted by molar-refractivity contribution is 6.39. The van der Waals surface area contributed by atoms with Crippen LogP contribution in [0.15, 0.2) is 48.0 Å².